The Hall–Kier alpha value is -0.800. The lowest BCUT2D eigenvalue weighted by atomic mass is 9.93. The molecular formula is C12H15ClFNO. The van der Waals surface area contributed by atoms with Gasteiger partial charge < -0.3 is 10.4 Å². The summed E-state index contributed by atoms with van der Waals surface area (Å²) in [5.41, 5.74) is 0.453. The molecule has 0 aliphatic heterocycles. The molecule has 1 saturated carbocycles. The van der Waals surface area contributed by atoms with Gasteiger partial charge in [0.15, 0.2) is 5.82 Å². The highest BCUT2D eigenvalue weighted by atomic mass is 35.5. The van der Waals surface area contributed by atoms with Crippen molar-refractivity contribution in [3.05, 3.63) is 29.0 Å². The summed E-state index contributed by atoms with van der Waals surface area (Å²) in [6.07, 6.45) is 3.10. The van der Waals surface area contributed by atoms with Crippen LogP contribution in [0.25, 0.3) is 0 Å². The van der Waals surface area contributed by atoms with Gasteiger partial charge in [-0.1, -0.05) is 17.7 Å². The van der Waals surface area contributed by atoms with Crippen molar-refractivity contribution in [2.75, 3.05) is 5.32 Å². The Balaban J connectivity index is 2.01. The standard InChI is InChI=1S/C12H15ClFNO/c13-10-2-1-3-11(12(10)14)15-8-4-6-9(16)7-5-8/h1-3,8-9,15-16H,4-7H2. The quantitative estimate of drug-likeness (QED) is 0.836. The van der Waals surface area contributed by atoms with Gasteiger partial charge in [-0.05, 0) is 37.8 Å². The summed E-state index contributed by atoms with van der Waals surface area (Å²) in [6.45, 7) is 0. The van der Waals surface area contributed by atoms with Gasteiger partial charge in [0, 0.05) is 6.04 Å². The third-order valence-corrected chi connectivity index (χ3v) is 3.30. The van der Waals surface area contributed by atoms with Gasteiger partial charge in [-0.25, -0.2) is 4.39 Å². The summed E-state index contributed by atoms with van der Waals surface area (Å²) in [7, 11) is 0. The zero-order valence-electron chi connectivity index (χ0n) is 8.92. The van der Waals surface area contributed by atoms with Crippen molar-refractivity contribution in [2.45, 2.75) is 37.8 Å². The van der Waals surface area contributed by atoms with Crippen LogP contribution in [0.4, 0.5) is 10.1 Å². The van der Waals surface area contributed by atoms with Crippen molar-refractivity contribution < 1.29 is 9.50 Å². The lowest BCUT2D eigenvalue weighted by Crippen LogP contribution is -2.28. The predicted molar refractivity (Wildman–Crippen MR) is 63.3 cm³/mol. The van der Waals surface area contributed by atoms with E-state index < -0.39 is 5.82 Å². The van der Waals surface area contributed by atoms with Gasteiger partial charge in [0.2, 0.25) is 0 Å². The van der Waals surface area contributed by atoms with Gasteiger partial charge >= 0.3 is 0 Å². The first kappa shape index (κ1) is 11.7. The Morgan fingerprint density at radius 1 is 1.25 bits per heavy atom. The van der Waals surface area contributed by atoms with E-state index in [4.69, 9.17) is 11.6 Å². The maximum atomic E-state index is 13.6. The van der Waals surface area contributed by atoms with Gasteiger partial charge in [-0.2, -0.15) is 0 Å². The predicted octanol–water partition coefficient (Wildman–Crippen LogP) is 3.19. The van der Waals surface area contributed by atoms with Crippen molar-refractivity contribution in [3.63, 3.8) is 0 Å². The largest absolute Gasteiger partial charge is 0.393 e. The monoisotopic (exact) mass is 243 g/mol. The maximum Gasteiger partial charge on any atom is 0.164 e. The fraction of sp³-hybridized carbons (Fsp3) is 0.500. The molecule has 2 N–H and O–H groups in total. The minimum absolute atomic E-state index is 0.140. The molecule has 0 bridgehead atoms. The second-order valence-corrected chi connectivity index (χ2v) is 4.66. The minimum atomic E-state index is -0.393. The topological polar surface area (TPSA) is 32.3 Å². The molecule has 2 rings (SSSR count). The molecular weight excluding hydrogens is 229 g/mol. The van der Waals surface area contributed by atoms with Gasteiger partial charge in [0.25, 0.3) is 0 Å². The Morgan fingerprint density at radius 2 is 1.94 bits per heavy atom. The van der Waals surface area contributed by atoms with E-state index in [1.807, 2.05) is 0 Å². The van der Waals surface area contributed by atoms with Crippen LogP contribution in [0.2, 0.25) is 5.02 Å². The summed E-state index contributed by atoms with van der Waals surface area (Å²) in [5.74, 6) is -0.393. The van der Waals surface area contributed by atoms with E-state index >= 15 is 0 Å². The highest BCUT2D eigenvalue weighted by Gasteiger charge is 2.20. The number of nitrogens with one attached hydrogen (secondary N) is 1. The smallest absolute Gasteiger partial charge is 0.164 e. The SMILES string of the molecule is OC1CCC(Nc2cccc(Cl)c2F)CC1. The van der Waals surface area contributed by atoms with Crippen LogP contribution in [0.1, 0.15) is 25.7 Å². The van der Waals surface area contributed by atoms with Gasteiger partial charge in [-0.3, -0.25) is 0 Å². The van der Waals surface area contributed by atoms with Crippen LogP contribution in [-0.4, -0.2) is 17.3 Å². The van der Waals surface area contributed by atoms with Gasteiger partial charge in [0.1, 0.15) is 0 Å². The molecule has 0 radical (unpaired) electrons. The van der Waals surface area contributed by atoms with E-state index in [9.17, 15) is 9.50 Å². The highest BCUT2D eigenvalue weighted by Crippen LogP contribution is 2.26. The summed E-state index contributed by atoms with van der Waals surface area (Å²) >= 11 is 5.70. The Bertz CT molecular complexity index is 364. The van der Waals surface area contributed by atoms with Crippen LogP contribution in [0.15, 0.2) is 18.2 Å². The van der Waals surface area contributed by atoms with Gasteiger partial charge in [0.05, 0.1) is 16.8 Å². The number of halogens is 2. The fourth-order valence-electron chi connectivity index (χ4n) is 2.06. The number of hydrogen-bond acceptors (Lipinski definition) is 2. The molecule has 1 fully saturated rings. The van der Waals surface area contributed by atoms with Crippen LogP contribution in [0, 0.1) is 5.82 Å². The third kappa shape index (κ3) is 2.66. The molecule has 88 valence electrons. The number of anilines is 1. The first-order chi connectivity index (χ1) is 7.66. The highest BCUT2D eigenvalue weighted by molar-refractivity contribution is 6.31. The van der Waals surface area contributed by atoms with E-state index in [0.29, 0.717) is 5.69 Å². The Kier molecular flexibility index (Phi) is 3.66. The molecule has 0 aromatic heterocycles. The molecule has 0 saturated heterocycles. The van der Waals surface area contributed by atoms with Crippen LogP contribution in [0.3, 0.4) is 0 Å². The molecule has 2 nitrogen and oxygen atoms in total. The molecule has 1 aliphatic rings. The number of benzene rings is 1. The zero-order chi connectivity index (χ0) is 11.5. The lowest BCUT2D eigenvalue weighted by Gasteiger charge is -2.27. The van der Waals surface area contributed by atoms with Crippen molar-refractivity contribution in [1.29, 1.82) is 0 Å². The van der Waals surface area contributed by atoms with Crippen molar-refractivity contribution in [2.24, 2.45) is 0 Å². The first-order valence-corrected chi connectivity index (χ1v) is 5.93. The number of hydrogen-bond donors (Lipinski definition) is 2. The van der Waals surface area contributed by atoms with E-state index in [1.54, 1.807) is 12.1 Å². The van der Waals surface area contributed by atoms with Crippen LogP contribution < -0.4 is 5.32 Å². The second kappa shape index (κ2) is 5.02. The molecule has 16 heavy (non-hydrogen) atoms. The molecule has 0 atom stereocenters. The molecule has 4 heteroatoms. The number of rotatable bonds is 2. The molecule has 1 aliphatic carbocycles. The number of aliphatic hydroxyl groups is 1. The number of aliphatic hydroxyl groups excluding tert-OH is 1. The van der Waals surface area contributed by atoms with Crippen LogP contribution in [-0.2, 0) is 0 Å². The second-order valence-electron chi connectivity index (χ2n) is 4.25. The van der Waals surface area contributed by atoms with Crippen LogP contribution in [0.5, 0.6) is 0 Å². The third-order valence-electron chi connectivity index (χ3n) is 3.01. The summed E-state index contributed by atoms with van der Waals surface area (Å²) < 4.78 is 13.6. The summed E-state index contributed by atoms with van der Waals surface area (Å²) in [4.78, 5) is 0. The fourth-order valence-corrected chi connectivity index (χ4v) is 2.23. The average molecular weight is 244 g/mol. The zero-order valence-corrected chi connectivity index (χ0v) is 9.67. The lowest BCUT2D eigenvalue weighted by molar-refractivity contribution is 0.126. The molecule has 1 aromatic rings. The van der Waals surface area contributed by atoms with E-state index in [0.717, 1.165) is 25.7 Å². The minimum Gasteiger partial charge on any atom is -0.393 e. The van der Waals surface area contributed by atoms with E-state index in [1.165, 1.54) is 6.07 Å². The van der Waals surface area contributed by atoms with Crippen molar-refractivity contribution in [1.82, 2.24) is 0 Å². The first-order valence-electron chi connectivity index (χ1n) is 5.55. The molecule has 0 heterocycles. The van der Waals surface area contributed by atoms with E-state index in [-0.39, 0.29) is 17.2 Å². The molecule has 0 amide bonds. The van der Waals surface area contributed by atoms with E-state index in [2.05, 4.69) is 5.32 Å². The summed E-state index contributed by atoms with van der Waals surface area (Å²) in [5, 5.41) is 12.6. The van der Waals surface area contributed by atoms with Crippen LogP contribution >= 0.6 is 11.6 Å². The van der Waals surface area contributed by atoms with Gasteiger partial charge in [-0.15, -0.1) is 0 Å². The Morgan fingerprint density at radius 3 is 2.62 bits per heavy atom. The van der Waals surface area contributed by atoms with Crippen molar-refractivity contribution >= 4 is 17.3 Å². The summed E-state index contributed by atoms with van der Waals surface area (Å²) in [6, 6.07) is 5.18. The average Bonchev–Trinajstić information content (AvgIpc) is 2.28. The molecule has 1 aromatic carbocycles. The molecule has 0 unspecified atom stereocenters. The van der Waals surface area contributed by atoms with Crippen molar-refractivity contribution in [3.8, 4) is 0 Å². The molecule has 0 spiro atoms. The maximum absolute atomic E-state index is 13.6. The normalized spacial score (nSPS) is 25.4. The Labute approximate surface area is 99.4 Å².